The normalized spacial score (nSPS) is 26.3. The van der Waals surface area contributed by atoms with Crippen molar-refractivity contribution in [2.24, 2.45) is 0 Å². The van der Waals surface area contributed by atoms with Crippen molar-refractivity contribution in [2.75, 3.05) is 6.79 Å². The van der Waals surface area contributed by atoms with Crippen LogP contribution in [0.15, 0.2) is 18.2 Å². The lowest BCUT2D eigenvalue weighted by Gasteiger charge is -2.32. The fourth-order valence-corrected chi connectivity index (χ4v) is 4.08. The minimum absolute atomic E-state index is 0.0986. The van der Waals surface area contributed by atoms with E-state index in [0.717, 1.165) is 0 Å². The summed E-state index contributed by atoms with van der Waals surface area (Å²) in [4.78, 5) is 20.2. The molecular formula is C22H32O15. The zero-order chi connectivity index (χ0) is 27.2. The van der Waals surface area contributed by atoms with Gasteiger partial charge in [0.1, 0.15) is 12.5 Å². The van der Waals surface area contributed by atoms with Crippen molar-refractivity contribution in [2.45, 2.75) is 88.0 Å². The van der Waals surface area contributed by atoms with Crippen molar-refractivity contribution < 1.29 is 74.4 Å². The third-order valence-corrected chi connectivity index (χ3v) is 5.85. The molecule has 1 saturated heterocycles. The SMILES string of the molecule is O=C(O)C[C@@H](O)c1ccc(C(CC(O)O)OC2CCC(OCO)CC2)c(OC2OOC(C(O)(O)O)O2)c1. The molecule has 0 bridgehead atoms. The third kappa shape index (κ3) is 8.78. The number of carboxylic acid groups (broad SMARTS) is 1. The monoisotopic (exact) mass is 536 g/mol. The molecule has 3 rings (SSSR count). The van der Waals surface area contributed by atoms with Crippen molar-refractivity contribution in [1.29, 1.82) is 0 Å². The highest BCUT2D eigenvalue weighted by Crippen LogP contribution is 2.38. The van der Waals surface area contributed by atoms with Crippen LogP contribution in [-0.4, -0.2) is 90.9 Å². The zero-order valence-corrected chi connectivity index (χ0v) is 19.7. The average Bonchev–Trinajstić information content (AvgIpc) is 3.28. The van der Waals surface area contributed by atoms with Crippen LogP contribution in [0.4, 0.5) is 0 Å². The van der Waals surface area contributed by atoms with Crippen molar-refractivity contribution in [3.8, 4) is 5.75 Å². The summed E-state index contributed by atoms with van der Waals surface area (Å²) in [7, 11) is 0. The van der Waals surface area contributed by atoms with E-state index in [1.807, 2.05) is 0 Å². The smallest absolute Gasteiger partial charge is 0.346 e. The summed E-state index contributed by atoms with van der Waals surface area (Å²) >= 11 is 0. The van der Waals surface area contributed by atoms with Gasteiger partial charge in [-0.3, -0.25) is 9.53 Å². The number of aliphatic carboxylic acids is 1. The van der Waals surface area contributed by atoms with Gasteiger partial charge in [-0.15, -0.1) is 0 Å². The lowest BCUT2D eigenvalue weighted by atomic mass is 9.94. The molecular weight excluding hydrogens is 504 g/mol. The van der Waals surface area contributed by atoms with Crippen LogP contribution in [0.5, 0.6) is 5.75 Å². The van der Waals surface area contributed by atoms with Crippen LogP contribution in [0.1, 0.15) is 61.9 Å². The fourth-order valence-electron chi connectivity index (χ4n) is 4.08. The van der Waals surface area contributed by atoms with Gasteiger partial charge in [-0.2, -0.15) is 9.78 Å². The van der Waals surface area contributed by atoms with Crippen LogP contribution in [0.3, 0.4) is 0 Å². The van der Waals surface area contributed by atoms with Crippen LogP contribution < -0.4 is 4.74 Å². The summed E-state index contributed by atoms with van der Waals surface area (Å²) in [5.74, 6) is -4.77. The van der Waals surface area contributed by atoms with Crippen LogP contribution >= 0.6 is 0 Å². The van der Waals surface area contributed by atoms with Crippen molar-refractivity contribution >= 4 is 5.97 Å². The highest BCUT2D eigenvalue weighted by Gasteiger charge is 2.44. The third-order valence-electron chi connectivity index (χ3n) is 5.85. The largest absolute Gasteiger partial charge is 0.481 e. The Bertz CT molecular complexity index is 864. The molecule has 1 heterocycles. The number of aliphatic hydroxyl groups is 7. The minimum atomic E-state index is -3.41. The highest BCUT2D eigenvalue weighted by molar-refractivity contribution is 5.67. The van der Waals surface area contributed by atoms with E-state index in [4.69, 9.17) is 34.0 Å². The molecule has 0 spiro atoms. The summed E-state index contributed by atoms with van der Waals surface area (Å²) < 4.78 is 21.9. The molecule has 15 nitrogen and oxygen atoms in total. The summed E-state index contributed by atoms with van der Waals surface area (Å²) in [6.07, 6.45) is -5.23. The number of ether oxygens (including phenoxy) is 4. The first-order chi connectivity index (χ1) is 17.5. The minimum Gasteiger partial charge on any atom is -0.481 e. The summed E-state index contributed by atoms with van der Waals surface area (Å²) in [5, 5.41) is 75.3. The van der Waals surface area contributed by atoms with Gasteiger partial charge in [-0.1, -0.05) is 12.1 Å². The number of benzene rings is 1. The Kier molecular flexibility index (Phi) is 10.5. The van der Waals surface area contributed by atoms with E-state index in [1.54, 1.807) is 0 Å². The summed E-state index contributed by atoms with van der Waals surface area (Å²) in [6.45, 7) is -2.14. The zero-order valence-electron chi connectivity index (χ0n) is 19.7. The Balaban J connectivity index is 1.85. The Morgan fingerprint density at radius 2 is 1.73 bits per heavy atom. The van der Waals surface area contributed by atoms with E-state index >= 15 is 0 Å². The molecule has 37 heavy (non-hydrogen) atoms. The van der Waals surface area contributed by atoms with Gasteiger partial charge in [0.15, 0.2) is 6.29 Å². The van der Waals surface area contributed by atoms with Gasteiger partial charge in [0, 0.05) is 12.0 Å². The molecule has 3 unspecified atom stereocenters. The van der Waals surface area contributed by atoms with Gasteiger partial charge in [-0.25, -0.2) is 0 Å². The lowest BCUT2D eigenvalue weighted by molar-refractivity contribution is -0.428. The van der Waals surface area contributed by atoms with Gasteiger partial charge >= 0.3 is 18.4 Å². The molecule has 1 aromatic carbocycles. The van der Waals surface area contributed by atoms with Gasteiger partial charge in [-0.05, 0) is 37.3 Å². The van der Waals surface area contributed by atoms with E-state index in [1.165, 1.54) is 18.2 Å². The molecule has 1 saturated carbocycles. The first-order valence-corrected chi connectivity index (χ1v) is 11.5. The second-order valence-electron chi connectivity index (χ2n) is 8.70. The molecule has 0 radical (unpaired) electrons. The first kappa shape index (κ1) is 29.6. The molecule has 1 aliphatic carbocycles. The molecule has 1 aliphatic heterocycles. The fraction of sp³-hybridized carbons (Fsp3) is 0.682. The molecule has 2 fully saturated rings. The lowest BCUT2D eigenvalue weighted by Crippen LogP contribution is -2.43. The number of hydrogen-bond acceptors (Lipinski definition) is 14. The number of aliphatic hydroxyl groups excluding tert-OH is 3. The standard InChI is InChI=1S/C22H32O15/c23-10-32-12-2-4-13(5-3-12)33-17(9-19(27)28)14-6-1-11(15(24)8-18(25)26)7-16(14)34-21-35-20(36-37-21)22(29,30)31/h1,6-7,12-13,15,17,19-21,23-24,27-31H,2-5,8-10H2,(H,25,26)/t12?,13?,15-,17?,20?,21?/m1/s1. The van der Waals surface area contributed by atoms with Crippen molar-refractivity contribution in [3.63, 3.8) is 0 Å². The van der Waals surface area contributed by atoms with E-state index in [2.05, 4.69) is 4.89 Å². The second kappa shape index (κ2) is 13.2. The maximum atomic E-state index is 11.0. The molecule has 210 valence electrons. The quantitative estimate of drug-likeness (QED) is 0.110. The van der Waals surface area contributed by atoms with Gasteiger partial charge < -0.3 is 55.1 Å². The first-order valence-electron chi connectivity index (χ1n) is 11.5. The molecule has 15 heteroatoms. The number of carbonyl (C=O) groups is 1. The molecule has 2 aliphatic rings. The Labute approximate surface area is 210 Å². The molecule has 8 N–H and O–H groups in total. The van der Waals surface area contributed by atoms with Crippen LogP contribution in [-0.2, 0) is 28.8 Å². The summed E-state index contributed by atoms with van der Waals surface area (Å²) in [6, 6.07) is 4.11. The van der Waals surface area contributed by atoms with Gasteiger partial charge in [0.05, 0.1) is 30.8 Å². The molecule has 0 aromatic heterocycles. The van der Waals surface area contributed by atoms with Gasteiger partial charge in [0.2, 0.25) is 0 Å². The maximum Gasteiger partial charge on any atom is 0.346 e. The van der Waals surface area contributed by atoms with E-state index in [9.17, 15) is 35.4 Å². The predicted octanol–water partition coefficient (Wildman–Crippen LogP) is -1.17. The maximum absolute atomic E-state index is 11.0. The molecule has 4 atom stereocenters. The van der Waals surface area contributed by atoms with Crippen molar-refractivity contribution in [3.05, 3.63) is 29.3 Å². The van der Waals surface area contributed by atoms with Crippen LogP contribution in [0.25, 0.3) is 0 Å². The Morgan fingerprint density at radius 1 is 1.05 bits per heavy atom. The second-order valence-corrected chi connectivity index (χ2v) is 8.70. The summed E-state index contributed by atoms with van der Waals surface area (Å²) in [5.41, 5.74) is 0.370. The Morgan fingerprint density at radius 3 is 2.30 bits per heavy atom. The van der Waals surface area contributed by atoms with Crippen LogP contribution in [0.2, 0.25) is 0 Å². The van der Waals surface area contributed by atoms with E-state index in [0.29, 0.717) is 25.7 Å². The molecule has 0 amide bonds. The predicted molar refractivity (Wildman–Crippen MR) is 115 cm³/mol. The number of rotatable bonds is 13. The molecule has 1 aromatic rings. The average molecular weight is 536 g/mol. The van der Waals surface area contributed by atoms with E-state index in [-0.39, 0.29) is 35.5 Å². The van der Waals surface area contributed by atoms with E-state index < -0.39 is 56.4 Å². The number of carboxylic acids is 1. The van der Waals surface area contributed by atoms with Crippen LogP contribution in [0, 0.1) is 0 Å². The van der Waals surface area contributed by atoms with Gasteiger partial charge in [0.25, 0.3) is 6.29 Å². The van der Waals surface area contributed by atoms with Crippen molar-refractivity contribution in [1.82, 2.24) is 0 Å². The number of hydrogen-bond donors (Lipinski definition) is 8. The topological polar surface area (TPSA) is 234 Å². The highest BCUT2D eigenvalue weighted by atomic mass is 17.3. The Hall–Kier alpha value is -1.99.